The maximum Gasteiger partial charge on any atom is 0.115 e. The minimum Gasteiger partial charge on any atom is -0.508 e. The number of hydrogen-bond acceptors (Lipinski definition) is 3. The van der Waals surface area contributed by atoms with Gasteiger partial charge in [-0.3, -0.25) is 5.32 Å². The zero-order valence-electron chi connectivity index (χ0n) is 9.56. The smallest absolute Gasteiger partial charge is 0.115 e. The van der Waals surface area contributed by atoms with Crippen LogP contribution in [0.15, 0.2) is 24.3 Å². The van der Waals surface area contributed by atoms with Crippen LogP contribution >= 0.6 is 12.4 Å². The van der Waals surface area contributed by atoms with Gasteiger partial charge in [0.2, 0.25) is 0 Å². The molecule has 0 saturated carbocycles. The van der Waals surface area contributed by atoms with Crippen LogP contribution in [0.2, 0.25) is 0 Å². The third-order valence-electron chi connectivity index (χ3n) is 2.55. The molecule has 1 aliphatic heterocycles. The highest BCUT2D eigenvalue weighted by Gasteiger charge is 2.30. The SMILES string of the molecule is CC1(C)COC(Cc2ccc(O)cc2)N1.Cl. The van der Waals surface area contributed by atoms with Crippen LogP contribution in [0.3, 0.4) is 0 Å². The Hall–Kier alpha value is -0.770. The van der Waals surface area contributed by atoms with E-state index in [-0.39, 0.29) is 24.2 Å². The molecule has 1 fully saturated rings. The molecule has 0 bridgehead atoms. The predicted molar refractivity (Wildman–Crippen MR) is 66.0 cm³/mol. The van der Waals surface area contributed by atoms with Crippen LogP contribution in [0.25, 0.3) is 0 Å². The molecule has 90 valence electrons. The van der Waals surface area contributed by atoms with Crippen molar-refractivity contribution in [1.82, 2.24) is 5.32 Å². The van der Waals surface area contributed by atoms with E-state index in [4.69, 9.17) is 9.84 Å². The quantitative estimate of drug-likeness (QED) is 0.836. The van der Waals surface area contributed by atoms with E-state index in [1.807, 2.05) is 12.1 Å². The van der Waals surface area contributed by atoms with Crippen molar-refractivity contribution in [3.8, 4) is 5.75 Å². The Morgan fingerprint density at radius 3 is 2.50 bits per heavy atom. The number of hydrogen-bond donors (Lipinski definition) is 2. The van der Waals surface area contributed by atoms with Crippen molar-refractivity contribution < 1.29 is 9.84 Å². The molecule has 2 N–H and O–H groups in total. The first-order valence-corrected chi connectivity index (χ1v) is 5.22. The van der Waals surface area contributed by atoms with E-state index in [0.29, 0.717) is 5.75 Å². The lowest BCUT2D eigenvalue weighted by Gasteiger charge is -2.16. The molecule has 0 aromatic heterocycles. The molecule has 1 aromatic carbocycles. The number of benzene rings is 1. The first-order chi connectivity index (χ1) is 7.05. The van der Waals surface area contributed by atoms with E-state index in [9.17, 15) is 0 Å². The van der Waals surface area contributed by atoms with Crippen molar-refractivity contribution >= 4 is 12.4 Å². The Labute approximate surface area is 102 Å². The summed E-state index contributed by atoms with van der Waals surface area (Å²) in [5.74, 6) is 0.305. The van der Waals surface area contributed by atoms with Gasteiger partial charge in [0.05, 0.1) is 6.61 Å². The van der Waals surface area contributed by atoms with Crippen LogP contribution in [-0.2, 0) is 11.2 Å². The molecule has 1 heterocycles. The molecule has 0 radical (unpaired) electrons. The molecule has 3 nitrogen and oxygen atoms in total. The molecular formula is C12H18ClNO2. The first-order valence-electron chi connectivity index (χ1n) is 5.22. The second-order valence-electron chi connectivity index (χ2n) is 4.70. The third-order valence-corrected chi connectivity index (χ3v) is 2.55. The summed E-state index contributed by atoms with van der Waals surface area (Å²) in [4.78, 5) is 0. The minimum atomic E-state index is 0. The van der Waals surface area contributed by atoms with Gasteiger partial charge in [-0.1, -0.05) is 12.1 Å². The summed E-state index contributed by atoms with van der Waals surface area (Å²) in [6.45, 7) is 5.00. The topological polar surface area (TPSA) is 41.5 Å². The van der Waals surface area contributed by atoms with Gasteiger partial charge in [-0.2, -0.15) is 0 Å². The Kier molecular flexibility index (Phi) is 4.19. The number of phenolic OH excluding ortho intramolecular Hbond substituents is 1. The predicted octanol–water partition coefficient (Wildman–Crippen LogP) is 2.08. The number of phenols is 1. The van der Waals surface area contributed by atoms with Gasteiger partial charge in [0.25, 0.3) is 0 Å². The Morgan fingerprint density at radius 2 is 2.00 bits per heavy atom. The lowest BCUT2D eigenvalue weighted by molar-refractivity contribution is 0.0987. The van der Waals surface area contributed by atoms with Crippen molar-refractivity contribution in [2.24, 2.45) is 0 Å². The molecule has 1 unspecified atom stereocenters. The molecule has 1 aliphatic rings. The van der Waals surface area contributed by atoms with Crippen molar-refractivity contribution in [2.75, 3.05) is 6.61 Å². The maximum absolute atomic E-state index is 9.15. The van der Waals surface area contributed by atoms with Crippen molar-refractivity contribution in [3.05, 3.63) is 29.8 Å². The maximum atomic E-state index is 9.15. The summed E-state index contributed by atoms with van der Waals surface area (Å²) in [7, 11) is 0. The summed E-state index contributed by atoms with van der Waals surface area (Å²) < 4.78 is 5.63. The molecule has 0 amide bonds. The fourth-order valence-electron chi connectivity index (χ4n) is 1.78. The van der Waals surface area contributed by atoms with Crippen LogP contribution in [0.1, 0.15) is 19.4 Å². The Bertz CT molecular complexity index is 337. The number of rotatable bonds is 2. The fourth-order valence-corrected chi connectivity index (χ4v) is 1.78. The normalized spacial score (nSPS) is 22.8. The number of nitrogens with one attached hydrogen (secondary N) is 1. The molecule has 0 aliphatic carbocycles. The third kappa shape index (κ3) is 3.37. The van der Waals surface area contributed by atoms with E-state index >= 15 is 0 Å². The molecule has 1 saturated heterocycles. The average molecular weight is 244 g/mol. The van der Waals surface area contributed by atoms with E-state index in [2.05, 4.69) is 19.2 Å². The standard InChI is InChI=1S/C12H17NO2.ClH/c1-12(2)8-15-11(13-12)7-9-3-5-10(14)6-4-9;/h3-6,11,13-14H,7-8H2,1-2H3;1H. The van der Waals surface area contributed by atoms with E-state index in [1.165, 1.54) is 5.56 Å². The second-order valence-corrected chi connectivity index (χ2v) is 4.70. The highest BCUT2D eigenvalue weighted by atomic mass is 35.5. The van der Waals surface area contributed by atoms with Gasteiger partial charge in [-0.05, 0) is 31.5 Å². The fraction of sp³-hybridized carbons (Fsp3) is 0.500. The van der Waals surface area contributed by atoms with Gasteiger partial charge in [-0.25, -0.2) is 0 Å². The zero-order valence-corrected chi connectivity index (χ0v) is 10.4. The first kappa shape index (κ1) is 13.3. The van der Waals surface area contributed by atoms with E-state index in [0.717, 1.165) is 13.0 Å². The van der Waals surface area contributed by atoms with E-state index in [1.54, 1.807) is 12.1 Å². The van der Waals surface area contributed by atoms with Crippen molar-refractivity contribution in [3.63, 3.8) is 0 Å². The average Bonchev–Trinajstić information content (AvgIpc) is 2.50. The number of aromatic hydroxyl groups is 1. The van der Waals surface area contributed by atoms with Gasteiger partial charge in [0.1, 0.15) is 12.0 Å². The summed E-state index contributed by atoms with van der Waals surface area (Å²) >= 11 is 0. The molecule has 1 atom stereocenters. The lowest BCUT2D eigenvalue weighted by atomic mass is 10.1. The summed E-state index contributed by atoms with van der Waals surface area (Å²) in [5.41, 5.74) is 1.24. The molecule has 4 heteroatoms. The summed E-state index contributed by atoms with van der Waals surface area (Å²) in [6, 6.07) is 7.25. The van der Waals surface area contributed by atoms with E-state index < -0.39 is 0 Å². The van der Waals surface area contributed by atoms with Crippen LogP contribution < -0.4 is 5.32 Å². The van der Waals surface area contributed by atoms with Crippen LogP contribution in [0.4, 0.5) is 0 Å². The largest absolute Gasteiger partial charge is 0.508 e. The zero-order chi connectivity index (χ0) is 10.9. The highest BCUT2D eigenvalue weighted by molar-refractivity contribution is 5.85. The second kappa shape index (κ2) is 5.04. The lowest BCUT2D eigenvalue weighted by Crippen LogP contribution is -2.39. The van der Waals surface area contributed by atoms with Crippen LogP contribution in [0.5, 0.6) is 5.75 Å². The van der Waals surface area contributed by atoms with Gasteiger partial charge < -0.3 is 9.84 Å². The number of halogens is 1. The van der Waals surface area contributed by atoms with Crippen molar-refractivity contribution in [2.45, 2.75) is 32.0 Å². The summed E-state index contributed by atoms with van der Waals surface area (Å²) in [5, 5.41) is 12.6. The van der Waals surface area contributed by atoms with Crippen molar-refractivity contribution in [1.29, 1.82) is 0 Å². The molecular weight excluding hydrogens is 226 g/mol. The molecule has 1 aromatic rings. The van der Waals surface area contributed by atoms with Crippen LogP contribution in [0, 0.1) is 0 Å². The Morgan fingerprint density at radius 1 is 1.38 bits per heavy atom. The van der Waals surface area contributed by atoms with Gasteiger partial charge in [-0.15, -0.1) is 12.4 Å². The highest BCUT2D eigenvalue weighted by Crippen LogP contribution is 2.18. The minimum absolute atomic E-state index is 0. The van der Waals surface area contributed by atoms with Gasteiger partial charge in [0, 0.05) is 12.0 Å². The molecule has 0 spiro atoms. The summed E-state index contributed by atoms with van der Waals surface area (Å²) in [6.07, 6.45) is 0.925. The molecule has 2 rings (SSSR count). The Balaban J connectivity index is 0.00000128. The number of ether oxygens (including phenoxy) is 1. The molecule has 16 heavy (non-hydrogen) atoms. The van der Waals surface area contributed by atoms with Gasteiger partial charge >= 0.3 is 0 Å². The van der Waals surface area contributed by atoms with Crippen LogP contribution in [-0.4, -0.2) is 23.5 Å². The van der Waals surface area contributed by atoms with Gasteiger partial charge in [0.15, 0.2) is 0 Å². The monoisotopic (exact) mass is 243 g/mol.